The molecule has 2 rings (SSSR count). The van der Waals surface area contributed by atoms with Crippen LogP contribution < -0.4 is 14.8 Å². The molecule has 0 bridgehead atoms. The Balaban J connectivity index is 2.39. The second kappa shape index (κ2) is 10.5. The van der Waals surface area contributed by atoms with Crippen LogP contribution in [0.1, 0.15) is 49.2 Å². The standard InChI is InChI=1S/C25H31NO3/c1-7-8-20-15-21(25(29-18(4)5)16-24(20)28-17(2)3)11-14-23(27)19-9-12-22(26-6)13-10-19/h7,9-18,26H,1,8H2,2-6H3. The Kier molecular flexibility index (Phi) is 8.08. The van der Waals surface area contributed by atoms with Crippen molar-refractivity contribution in [2.75, 3.05) is 12.4 Å². The lowest BCUT2D eigenvalue weighted by Gasteiger charge is -2.19. The predicted molar refractivity (Wildman–Crippen MR) is 121 cm³/mol. The molecule has 0 unspecified atom stereocenters. The minimum atomic E-state index is -0.0593. The molecule has 4 heteroatoms. The molecule has 0 aromatic heterocycles. The van der Waals surface area contributed by atoms with Crippen LogP contribution in [0.25, 0.3) is 6.08 Å². The fourth-order valence-corrected chi connectivity index (χ4v) is 2.85. The van der Waals surface area contributed by atoms with Crippen LogP contribution in [0.4, 0.5) is 5.69 Å². The van der Waals surface area contributed by atoms with Crippen molar-refractivity contribution < 1.29 is 14.3 Å². The maximum atomic E-state index is 12.6. The van der Waals surface area contributed by atoms with E-state index in [4.69, 9.17) is 9.47 Å². The van der Waals surface area contributed by atoms with Gasteiger partial charge in [-0.3, -0.25) is 4.79 Å². The molecule has 0 heterocycles. The molecule has 0 amide bonds. The Labute approximate surface area is 174 Å². The zero-order valence-corrected chi connectivity index (χ0v) is 18.0. The molecule has 0 spiro atoms. The van der Waals surface area contributed by atoms with Crippen LogP contribution >= 0.6 is 0 Å². The Morgan fingerprint density at radius 2 is 1.66 bits per heavy atom. The van der Waals surface area contributed by atoms with E-state index in [0.29, 0.717) is 17.7 Å². The molecule has 0 aliphatic heterocycles. The van der Waals surface area contributed by atoms with Gasteiger partial charge in [0.1, 0.15) is 11.5 Å². The number of anilines is 1. The van der Waals surface area contributed by atoms with Crippen LogP contribution in [0.2, 0.25) is 0 Å². The van der Waals surface area contributed by atoms with Crippen molar-refractivity contribution in [2.24, 2.45) is 0 Å². The number of rotatable bonds is 10. The van der Waals surface area contributed by atoms with Crippen LogP contribution in [-0.4, -0.2) is 25.0 Å². The molecule has 2 aromatic carbocycles. The number of ether oxygens (including phenoxy) is 2. The monoisotopic (exact) mass is 393 g/mol. The van der Waals surface area contributed by atoms with Crippen molar-refractivity contribution in [3.63, 3.8) is 0 Å². The molecule has 154 valence electrons. The largest absolute Gasteiger partial charge is 0.491 e. The minimum Gasteiger partial charge on any atom is -0.491 e. The number of hydrogen-bond donors (Lipinski definition) is 1. The number of benzene rings is 2. The third kappa shape index (κ3) is 6.53. The average Bonchev–Trinajstić information content (AvgIpc) is 2.68. The lowest BCUT2D eigenvalue weighted by molar-refractivity contribution is 0.104. The van der Waals surface area contributed by atoms with Gasteiger partial charge in [-0.1, -0.05) is 6.08 Å². The van der Waals surface area contributed by atoms with E-state index in [0.717, 1.165) is 22.6 Å². The highest BCUT2D eigenvalue weighted by Gasteiger charge is 2.13. The highest BCUT2D eigenvalue weighted by Crippen LogP contribution is 2.32. The summed E-state index contributed by atoms with van der Waals surface area (Å²) in [7, 11) is 1.85. The van der Waals surface area contributed by atoms with Crippen molar-refractivity contribution >= 4 is 17.5 Å². The second-order valence-electron chi connectivity index (χ2n) is 7.35. The SMILES string of the molecule is C=CCc1cc(C=CC(=O)c2ccc(NC)cc2)c(OC(C)C)cc1OC(C)C. The summed E-state index contributed by atoms with van der Waals surface area (Å²) in [6.07, 6.45) is 5.95. The number of hydrogen-bond acceptors (Lipinski definition) is 4. The van der Waals surface area contributed by atoms with Crippen LogP contribution in [-0.2, 0) is 6.42 Å². The van der Waals surface area contributed by atoms with Crippen LogP contribution in [0, 0.1) is 0 Å². The van der Waals surface area contributed by atoms with E-state index in [-0.39, 0.29) is 18.0 Å². The number of carbonyl (C=O) groups excluding carboxylic acids is 1. The zero-order valence-electron chi connectivity index (χ0n) is 18.0. The predicted octanol–water partition coefficient (Wildman–Crippen LogP) is 5.93. The van der Waals surface area contributed by atoms with E-state index in [1.165, 1.54) is 0 Å². The van der Waals surface area contributed by atoms with Gasteiger partial charge < -0.3 is 14.8 Å². The van der Waals surface area contributed by atoms with E-state index in [2.05, 4.69) is 11.9 Å². The van der Waals surface area contributed by atoms with Gasteiger partial charge in [-0.15, -0.1) is 6.58 Å². The van der Waals surface area contributed by atoms with E-state index in [1.54, 1.807) is 12.2 Å². The van der Waals surface area contributed by atoms with E-state index < -0.39 is 0 Å². The second-order valence-corrected chi connectivity index (χ2v) is 7.35. The molecule has 0 aliphatic carbocycles. The fourth-order valence-electron chi connectivity index (χ4n) is 2.85. The summed E-state index contributed by atoms with van der Waals surface area (Å²) >= 11 is 0. The van der Waals surface area contributed by atoms with Gasteiger partial charge in [0, 0.05) is 29.9 Å². The Bertz CT molecular complexity index is 864. The van der Waals surface area contributed by atoms with Gasteiger partial charge in [0.15, 0.2) is 5.78 Å². The third-order valence-electron chi connectivity index (χ3n) is 4.15. The Morgan fingerprint density at radius 3 is 2.21 bits per heavy atom. The van der Waals surface area contributed by atoms with Crippen molar-refractivity contribution in [3.8, 4) is 11.5 Å². The average molecular weight is 394 g/mol. The van der Waals surface area contributed by atoms with Crippen LogP contribution in [0.3, 0.4) is 0 Å². The highest BCUT2D eigenvalue weighted by molar-refractivity contribution is 6.07. The molecule has 0 aliphatic rings. The number of nitrogens with one attached hydrogen (secondary N) is 1. The minimum absolute atomic E-state index is 0.00379. The van der Waals surface area contributed by atoms with Crippen molar-refractivity contribution in [1.29, 1.82) is 0 Å². The molecule has 0 radical (unpaired) electrons. The van der Waals surface area contributed by atoms with Gasteiger partial charge in [0.25, 0.3) is 0 Å². The van der Waals surface area contributed by atoms with Gasteiger partial charge in [0.2, 0.25) is 0 Å². The molecule has 29 heavy (non-hydrogen) atoms. The topological polar surface area (TPSA) is 47.6 Å². The lowest BCUT2D eigenvalue weighted by Crippen LogP contribution is -2.10. The molecule has 4 nitrogen and oxygen atoms in total. The lowest BCUT2D eigenvalue weighted by atomic mass is 10.0. The molecule has 0 saturated heterocycles. The summed E-state index contributed by atoms with van der Waals surface area (Å²) in [5.41, 5.74) is 3.45. The first kappa shape index (κ1) is 22.3. The van der Waals surface area contributed by atoms with Gasteiger partial charge >= 0.3 is 0 Å². The van der Waals surface area contributed by atoms with Crippen LogP contribution in [0.5, 0.6) is 11.5 Å². The van der Waals surface area contributed by atoms with Gasteiger partial charge in [-0.05, 0) is 82.2 Å². The molecule has 1 N–H and O–H groups in total. The quantitative estimate of drug-likeness (QED) is 0.309. The number of carbonyl (C=O) groups is 1. The Hall–Kier alpha value is -3.01. The van der Waals surface area contributed by atoms with Gasteiger partial charge in [0.05, 0.1) is 12.2 Å². The molecule has 0 saturated carbocycles. The summed E-state index contributed by atoms with van der Waals surface area (Å²) in [5, 5.41) is 3.05. The maximum absolute atomic E-state index is 12.6. The highest BCUT2D eigenvalue weighted by atomic mass is 16.5. The number of allylic oxidation sites excluding steroid dienone is 2. The summed E-state index contributed by atoms with van der Waals surface area (Å²) in [4.78, 5) is 12.6. The molecular weight excluding hydrogens is 362 g/mol. The summed E-state index contributed by atoms with van der Waals surface area (Å²) in [6.45, 7) is 11.8. The fraction of sp³-hybridized carbons (Fsp3) is 0.320. The smallest absolute Gasteiger partial charge is 0.185 e. The zero-order chi connectivity index (χ0) is 21.4. The first-order valence-corrected chi connectivity index (χ1v) is 9.95. The van der Waals surface area contributed by atoms with Crippen molar-refractivity contribution in [1.82, 2.24) is 0 Å². The van der Waals surface area contributed by atoms with E-state index >= 15 is 0 Å². The first-order chi connectivity index (χ1) is 13.8. The van der Waals surface area contributed by atoms with Crippen molar-refractivity contribution in [2.45, 2.75) is 46.3 Å². The maximum Gasteiger partial charge on any atom is 0.185 e. The Morgan fingerprint density at radius 1 is 1.03 bits per heavy atom. The third-order valence-corrected chi connectivity index (χ3v) is 4.15. The van der Waals surface area contributed by atoms with Crippen LogP contribution in [0.15, 0.2) is 55.1 Å². The normalized spacial score (nSPS) is 11.1. The summed E-state index contributed by atoms with van der Waals surface area (Å²) < 4.78 is 12.0. The van der Waals surface area contributed by atoms with E-state index in [1.807, 2.05) is 77.2 Å². The summed E-state index contributed by atoms with van der Waals surface area (Å²) in [5.74, 6) is 1.41. The van der Waals surface area contributed by atoms with Gasteiger partial charge in [-0.25, -0.2) is 0 Å². The van der Waals surface area contributed by atoms with Gasteiger partial charge in [-0.2, -0.15) is 0 Å². The molecule has 0 fully saturated rings. The molecular formula is C25H31NO3. The first-order valence-electron chi connectivity index (χ1n) is 9.95. The van der Waals surface area contributed by atoms with Crippen molar-refractivity contribution in [3.05, 3.63) is 71.8 Å². The van der Waals surface area contributed by atoms with E-state index in [9.17, 15) is 4.79 Å². The molecule has 2 aromatic rings. The number of ketones is 1. The molecule has 0 atom stereocenters. The summed E-state index contributed by atoms with van der Waals surface area (Å²) in [6, 6.07) is 11.3.